The maximum Gasteiger partial charge on any atom is 0.414 e. The topological polar surface area (TPSA) is 111 Å². The molecule has 2 aromatic rings. The van der Waals surface area contributed by atoms with Crippen molar-refractivity contribution in [3.05, 3.63) is 69.6 Å². The molecule has 11 heteroatoms. The fourth-order valence-electron chi connectivity index (χ4n) is 3.95. The highest BCUT2D eigenvalue weighted by atomic mass is 35.5. The lowest BCUT2D eigenvalue weighted by molar-refractivity contribution is -0.129. The van der Waals surface area contributed by atoms with Crippen LogP contribution in [0.4, 0.5) is 14.9 Å². The van der Waals surface area contributed by atoms with Crippen molar-refractivity contribution in [2.24, 2.45) is 0 Å². The van der Waals surface area contributed by atoms with Gasteiger partial charge in [-0.15, -0.1) is 0 Å². The van der Waals surface area contributed by atoms with Gasteiger partial charge in [0.25, 0.3) is 0 Å². The first-order chi connectivity index (χ1) is 16.8. The molecule has 1 unspecified atom stereocenters. The van der Waals surface area contributed by atoms with Gasteiger partial charge >= 0.3 is 6.09 Å². The fourth-order valence-corrected chi connectivity index (χ4v) is 4.08. The SMILES string of the molecule is O=C(CCC(=O)N([O-])C[C@@H]1CN(c2ccc(C3CNCCO3)c(F)c2)C(=O)O1)c1ccc(Cl)cc1. The molecule has 0 radical (unpaired) electrons. The number of anilines is 1. The standard InChI is InChI=1S/C24H24ClFN3O6/c25-16-3-1-15(2-4-16)21(30)7-8-23(31)29(33)14-18-13-28(24(32)35-18)17-5-6-19(20(26)11-17)22-12-27-9-10-34-22/h1-6,11,18,22,27H,7-10,12-14H2/q-1/t18-,22?/m0/s1. The van der Waals surface area contributed by atoms with Crippen LogP contribution in [0.15, 0.2) is 42.5 Å². The lowest BCUT2D eigenvalue weighted by Crippen LogP contribution is -2.35. The van der Waals surface area contributed by atoms with Crippen molar-refractivity contribution in [2.75, 3.05) is 37.7 Å². The molecule has 186 valence electrons. The summed E-state index contributed by atoms with van der Waals surface area (Å²) in [6, 6.07) is 10.6. The molecule has 0 saturated carbocycles. The van der Waals surface area contributed by atoms with Gasteiger partial charge in [-0.25, -0.2) is 9.18 Å². The first-order valence-electron chi connectivity index (χ1n) is 11.2. The third kappa shape index (κ3) is 6.15. The highest BCUT2D eigenvalue weighted by Gasteiger charge is 2.33. The van der Waals surface area contributed by atoms with Crippen LogP contribution in [0.1, 0.15) is 34.9 Å². The molecule has 2 fully saturated rings. The summed E-state index contributed by atoms with van der Waals surface area (Å²) in [7, 11) is 0. The zero-order valence-corrected chi connectivity index (χ0v) is 19.5. The molecule has 1 N–H and O–H groups in total. The van der Waals surface area contributed by atoms with Gasteiger partial charge in [0, 0.05) is 48.6 Å². The number of ketones is 1. The number of hydrogen-bond acceptors (Lipinski definition) is 7. The monoisotopic (exact) mass is 504 g/mol. The van der Waals surface area contributed by atoms with Crippen molar-refractivity contribution in [1.29, 1.82) is 0 Å². The quantitative estimate of drug-likeness (QED) is 0.433. The number of carbonyl (C=O) groups excluding carboxylic acids is 3. The van der Waals surface area contributed by atoms with E-state index < -0.39 is 36.6 Å². The Kier molecular flexibility index (Phi) is 7.97. The minimum absolute atomic E-state index is 0.0190. The summed E-state index contributed by atoms with van der Waals surface area (Å²) in [4.78, 5) is 37.9. The summed E-state index contributed by atoms with van der Waals surface area (Å²) >= 11 is 5.79. The molecule has 2 atom stereocenters. The number of Topliss-reactive ketones (excluding diaryl/α,β-unsaturated/α-hetero) is 1. The second kappa shape index (κ2) is 11.1. The third-order valence-electron chi connectivity index (χ3n) is 5.82. The van der Waals surface area contributed by atoms with Crippen LogP contribution in [0.5, 0.6) is 0 Å². The average molecular weight is 505 g/mol. The summed E-state index contributed by atoms with van der Waals surface area (Å²) < 4.78 is 25.5. The number of nitrogens with one attached hydrogen (secondary N) is 1. The molecule has 9 nitrogen and oxygen atoms in total. The molecular weight excluding hydrogens is 481 g/mol. The molecule has 2 amide bonds. The Morgan fingerprint density at radius 3 is 2.66 bits per heavy atom. The zero-order chi connectivity index (χ0) is 24.9. The number of amides is 2. The van der Waals surface area contributed by atoms with Crippen LogP contribution in [0.25, 0.3) is 0 Å². The molecule has 2 aliphatic rings. The summed E-state index contributed by atoms with van der Waals surface area (Å²) in [6.45, 7) is 1.26. The van der Waals surface area contributed by atoms with Gasteiger partial charge in [-0.1, -0.05) is 17.7 Å². The van der Waals surface area contributed by atoms with Crippen LogP contribution < -0.4 is 10.2 Å². The molecular formula is C24H24ClFN3O6-. The molecule has 0 aromatic heterocycles. The Bertz CT molecular complexity index is 1090. The number of morpholine rings is 1. The van der Waals surface area contributed by atoms with Gasteiger partial charge < -0.3 is 25.1 Å². The first kappa shape index (κ1) is 25.1. The van der Waals surface area contributed by atoms with E-state index in [4.69, 9.17) is 21.1 Å². The largest absolute Gasteiger partial charge is 0.756 e. The number of halogens is 2. The number of rotatable bonds is 8. The van der Waals surface area contributed by atoms with Crippen molar-refractivity contribution < 1.29 is 28.2 Å². The summed E-state index contributed by atoms with van der Waals surface area (Å²) in [5, 5.41) is 16.1. The number of hydroxylamine groups is 2. The molecule has 0 bridgehead atoms. The number of cyclic esters (lactones) is 1. The van der Waals surface area contributed by atoms with E-state index in [1.54, 1.807) is 36.4 Å². The summed E-state index contributed by atoms with van der Waals surface area (Å²) in [5.74, 6) is -1.60. The Morgan fingerprint density at radius 1 is 1.20 bits per heavy atom. The maximum atomic E-state index is 14.7. The number of benzene rings is 2. The number of carbonyl (C=O) groups is 3. The molecule has 35 heavy (non-hydrogen) atoms. The Balaban J connectivity index is 1.29. The van der Waals surface area contributed by atoms with E-state index in [1.807, 2.05) is 0 Å². The van der Waals surface area contributed by atoms with E-state index in [-0.39, 0.29) is 35.9 Å². The molecule has 0 spiro atoms. The average Bonchev–Trinajstić information content (AvgIpc) is 3.22. The molecule has 4 rings (SSSR count). The van der Waals surface area contributed by atoms with Crippen LogP contribution in [0.3, 0.4) is 0 Å². The predicted octanol–water partition coefficient (Wildman–Crippen LogP) is 3.45. The molecule has 0 aliphatic carbocycles. The highest BCUT2D eigenvalue weighted by molar-refractivity contribution is 6.30. The van der Waals surface area contributed by atoms with E-state index >= 15 is 0 Å². The van der Waals surface area contributed by atoms with Gasteiger partial charge in [0.2, 0.25) is 5.91 Å². The molecule has 2 aliphatic heterocycles. The maximum absolute atomic E-state index is 14.7. The lowest BCUT2D eigenvalue weighted by Gasteiger charge is -2.30. The van der Waals surface area contributed by atoms with Gasteiger partial charge in [0.15, 0.2) is 5.78 Å². The number of hydrogen-bond donors (Lipinski definition) is 1. The Labute approximate surface area is 206 Å². The third-order valence-corrected chi connectivity index (χ3v) is 6.08. The zero-order valence-electron chi connectivity index (χ0n) is 18.7. The Hall–Kier alpha value is -3.05. The first-order valence-corrected chi connectivity index (χ1v) is 11.6. The van der Waals surface area contributed by atoms with Gasteiger partial charge in [-0.3, -0.25) is 14.5 Å². The molecule has 2 aromatic carbocycles. The van der Waals surface area contributed by atoms with Crippen molar-refractivity contribution in [2.45, 2.75) is 25.0 Å². The van der Waals surface area contributed by atoms with Gasteiger partial charge in [0.05, 0.1) is 24.9 Å². The van der Waals surface area contributed by atoms with Gasteiger partial charge in [0.1, 0.15) is 11.9 Å². The minimum atomic E-state index is -0.885. The van der Waals surface area contributed by atoms with Crippen molar-refractivity contribution in [3.63, 3.8) is 0 Å². The van der Waals surface area contributed by atoms with Crippen LogP contribution in [0.2, 0.25) is 5.02 Å². The number of ether oxygens (including phenoxy) is 2. The van der Waals surface area contributed by atoms with Crippen LogP contribution in [-0.2, 0) is 14.3 Å². The highest BCUT2D eigenvalue weighted by Crippen LogP contribution is 2.28. The van der Waals surface area contributed by atoms with E-state index in [0.29, 0.717) is 35.8 Å². The summed E-state index contributed by atoms with van der Waals surface area (Å²) in [6.07, 6.45) is -2.45. The van der Waals surface area contributed by atoms with Crippen molar-refractivity contribution in [3.8, 4) is 0 Å². The fraction of sp³-hybridized carbons (Fsp3) is 0.375. The lowest BCUT2D eigenvalue weighted by atomic mass is 10.1. The van der Waals surface area contributed by atoms with Crippen LogP contribution in [-0.4, -0.2) is 61.7 Å². The second-order valence-corrected chi connectivity index (χ2v) is 8.71. The van der Waals surface area contributed by atoms with Gasteiger partial charge in [-0.05, 0) is 36.4 Å². The summed E-state index contributed by atoms with van der Waals surface area (Å²) in [5.41, 5.74) is 1.05. The number of nitrogens with zero attached hydrogens (tertiary/aromatic N) is 2. The smallest absolute Gasteiger partial charge is 0.414 e. The minimum Gasteiger partial charge on any atom is -0.756 e. The molecule has 2 heterocycles. The van der Waals surface area contributed by atoms with Crippen LogP contribution in [0, 0.1) is 11.0 Å². The van der Waals surface area contributed by atoms with E-state index in [2.05, 4.69) is 5.32 Å². The van der Waals surface area contributed by atoms with Crippen LogP contribution >= 0.6 is 11.6 Å². The van der Waals surface area contributed by atoms with E-state index in [1.165, 1.54) is 11.0 Å². The predicted molar refractivity (Wildman–Crippen MR) is 126 cm³/mol. The molecule has 2 saturated heterocycles. The second-order valence-electron chi connectivity index (χ2n) is 8.27. The Morgan fingerprint density at radius 2 is 1.97 bits per heavy atom. The van der Waals surface area contributed by atoms with E-state index in [0.717, 1.165) is 0 Å². The van der Waals surface area contributed by atoms with E-state index in [9.17, 15) is 24.0 Å². The van der Waals surface area contributed by atoms with Gasteiger partial charge in [-0.2, -0.15) is 0 Å². The normalized spacial score (nSPS) is 20.0. The van der Waals surface area contributed by atoms with Crippen molar-refractivity contribution >= 4 is 35.1 Å². The van der Waals surface area contributed by atoms with Crippen molar-refractivity contribution in [1.82, 2.24) is 10.4 Å².